The Morgan fingerprint density at radius 2 is 2.00 bits per heavy atom. The van der Waals surface area contributed by atoms with E-state index in [4.69, 9.17) is 5.73 Å². The first-order valence-corrected chi connectivity index (χ1v) is 9.55. The molecule has 0 amide bonds. The highest BCUT2D eigenvalue weighted by Gasteiger charge is 2.19. The molecule has 1 heterocycles. The third-order valence-electron chi connectivity index (χ3n) is 3.11. The van der Waals surface area contributed by atoms with Gasteiger partial charge in [0.25, 0.3) is 0 Å². The van der Waals surface area contributed by atoms with Crippen LogP contribution in [0.1, 0.15) is 22.9 Å². The molecule has 0 fully saturated rings. The van der Waals surface area contributed by atoms with E-state index in [2.05, 4.69) is 20.7 Å². The third-order valence-corrected chi connectivity index (χ3v) is 6.38. The van der Waals surface area contributed by atoms with Gasteiger partial charge in [0.1, 0.15) is 0 Å². The molecule has 1 atom stereocenters. The number of aryl methyl sites for hydroxylation is 1. The molecular weight excluding hydrogens is 372 g/mol. The summed E-state index contributed by atoms with van der Waals surface area (Å²) in [6, 6.07) is 11.1. The van der Waals surface area contributed by atoms with Crippen LogP contribution in [0.15, 0.2) is 45.1 Å². The van der Waals surface area contributed by atoms with Crippen molar-refractivity contribution in [3.05, 3.63) is 50.6 Å². The fourth-order valence-electron chi connectivity index (χ4n) is 1.99. The summed E-state index contributed by atoms with van der Waals surface area (Å²) >= 11 is 4.71. The maximum absolute atomic E-state index is 12.2. The van der Waals surface area contributed by atoms with E-state index in [-0.39, 0.29) is 6.04 Å². The Balaban J connectivity index is 1.95. The highest BCUT2D eigenvalue weighted by molar-refractivity contribution is 9.11. The first-order valence-electron chi connectivity index (χ1n) is 6.46. The van der Waals surface area contributed by atoms with Gasteiger partial charge in [-0.15, -0.1) is 11.3 Å². The second-order valence-corrected chi connectivity index (χ2v) is 9.05. The fraction of sp³-hybridized carbons (Fsp3) is 0.286. The van der Waals surface area contributed by atoms with E-state index in [0.29, 0.717) is 17.9 Å². The van der Waals surface area contributed by atoms with Crippen molar-refractivity contribution in [1.82, 2.24) is 4.72 Å². The lowest BCUT2D eigenvalue weighted by atomic mass is 10.1. The molecule has 0 radical (unpaired) electrons. The van der Waals surface area contributed by atoms with Crippen molar-refractivity contribution in [2.45, 2.75) is 24.3 Å². The highest BCUT2D eigenvalue weighted by Crippen LogP contribution is 2.29. The summed E-state index contributed by atoms with van der Waals surface area (Å²) in [4.78, 5) is 1.09. The van der Waals surface area contributed by atoms with Crippen LogP contribution in [0.3, 0.4) is 0 Å². The normalized spacial score (nSPS) is 13.3. The zero-order valence-corrected chi connectivity index (χ0v) is 14.8. The molecule has 7 heteroatoms. The summed E-state index contributed by atoms with van der Waals surface area (Å²) in [5.74, 6) is 0. The number of benzene rings is 1. The summed E-state index contributed by atoms with van der Waals surface area (Å²) in [5.41, 5.74) is 7.06. The van der Waals surface area contributed by atoms with E-state index < -0.39 is 10.0 Å². The fourth-order valence-corrected chi connectivity index (χ4v) is 5.45. The molecule has 0 spiro atoms. The molecule has 0 aliphatic heterocycles. The van der Waals surface area contributed by atoms with Gasteiger partial charge in [0.2, 0.25) is 10.0 Å². The van der Waals surface area contributed by atoms with Crippen molar-refractivity contribution in [2.75, 3.05) is 6.54 Å². The number of thiophene rings is 1. The van der Waals surface area contributed by atoms with Crippen LogP contribution in [0.2, 0.25) is 0 Å². The third kappa shape index (κ3) is 4.37. The van der Waals surface area contributed by atoms with Crippen LogP contribution in [0.4, 0.5) is 0 Å². The van der Waals surface area contributed by atoms with Crippen LogP contribution in [0, 0.1) is 6.92 Å². The molecule has 3 N–H and O–H groups in total. The Morgan fingerprint density at radius 1 is 1.33 bits per heavy atom. The van der Waals surface area contributed by atoms with Crippen LogP contribution in [-0.4, -0.2) is 15.0 Å². The Kier molecular flexibility index (Phi) is 5.56. The molecule has 4 nitrogen and oxygen atoms in total. The lowest BCUT2D eigenvalue weighted by molar-refractivity contribution is 0.569. The van der Waals surface area contributed by atoms with Crippen molar-refractivity contribution in [1.29, 1.82) is 0 Å². The van der Waals surface area contributed by atoms with Gasteiger partial charge in [0.05, 0.1) is 8.68 Å². The van der Waals surface area contributed by atoms with Crippen LogP contribution in [0.5, 0.6) is 0 Å². The van der Waals surface area contributed by atoms with E-state index in [9.17, 15) is 8.42 Å². The summed E-state index contributed by atoms with van der Waals surface area (Å²) in [6.07, 6.45) is 0.549. The van der Waals surface area contributed by atoms with Crippen molar-refractivity contribution >= 4 is 37.3 Å². The molecule has 2 aromatic rings. The molecule has 21 heavy (non-hydrogen) atoms. The topological polar surface area (TPSA) is 72.2 Å². The average Bonchev–Trinajstić information content (AvgIpc) is 2.79. The molecule has 114 valence electrons. The standard InChI is InChI=1S/C14H17BrN2O2S2/c1-10-13(9-14(15)20-10)21(18,19)17-8-7-12(16)11-5-3-2-4-6-11/h2-6,9,12,17H,7-8,16H2,1H3. The van der Waals surface area contributed by atoms with Crippen LogP contribution >= 0.6 is 27.3 Å². The van der Waals surface area contributed by atoms with E-state index in [1.807, 2.05) is 30.3 Å². The Morgan fingerprint density at radius 3 is 2.57 bits per heavy atom. The molecule has 0 aliphatic rings. The molecule has 1 aromatic heterocycles. The minimum Gasteiger partial charge on any atom is -0.324 e. The van der Waals surface area contributed by atoms with Crippen LogP contribution in [-0.2, 0) is 10.0 Å². The van der Waals surface area contributed by atoms with Gasteiger partial charge in [-0.2, -0.15) is 0 Å². The summed E-state index contributed by atoms with van der Waals surface area (Å²) < 4.78 is 27.9. The monoisotopic (exact) mass is 388 g/mol. The van der Waals surface area contributed by atoms with Gasteiger partial charge in [0, 0.05) is 17.5 Å². The number of hydrogen-bond donors (Lipinski definition) is 2. The number of rotatable bonds is 6. The summed E-state index contributed by atoms with van der Waals surface area (Å²) in [6.45, 7) is 2.10. The van der Waals surface area contributed by atoms with Crippen LogP contribution < -0.4 is 10.5 Å². The molecule has 0 saturated heterocycles. The smallest absolute Gasteiger partial charge is 0.241 e. The molecule has 0 bridgehead atoms. The lowest BCUT2D eigenvalue weighted by Gasteiger charge is -2.12. The van der Waals surface area contributed by atoms with Crippen molar-refractivity contribution in [3.63, 3.8) is 0 Å². The maximum atomic E-state index is 12.2. The van der Waals surface area contributed by atoms with Gasteiger partial charge in [-0.1, -0.05) is 30.3 Å². The molecular formula is C14H17BrN2O2S2. The van der Waals surface area contributed by atoms with Crippen LogP contribution in [0.25, 0.3) is 0 Å². The Hall–Kier alpha value is -0.730. The Bertz CT molecular complexity index is 699. The predicted molar refractivity (Wildman–Crippen MR) is 89.9 cm³/mol. The SMILES string of the molecule is Cc1sc(Br)cc1S(=O)(=O)NCCC(N)c1ccccc1. The lowest BCUT2D eigenvalue weighted by Crippen LogP contribution is -2.27. The largest absolute Gasteiger partial charge is 0.324 e. The van der Waals surface area contributed by atoms with Gasteiger partial charge in [-0.05, 0) is 40.9 Å². The zero-order chi connectivity index (χ0) is 15.5. The number of hydrogen-bond acceptors (Lipinski definition) is 4. The van der Waals surface area contributed by atoms with Crippen molar-refractivity contribution in [2.24, 2.45) is 5.73 Å². The molecule has 1 aromatic carbocycles. The maximum Gasteiger partial charge on any atom is 0.241 e. The van der Waals surface area contributed by atoms with E-state index in [0.717, 1.165) is 14.2 Å². The minimum absolute atomic E-state index is 0.177. The van der Waals surface area contributed by atoms with Crippen molar-refractivity contribution in [3.8, 4) is 0 Å². The Labute approximate surface area is 137 Å². The predicted octanol–water partition coefficient (Wildman–Crippen LogP) is 3.19. The first kappa shape index (κ1) is 16.6. The van der Waals surface area contributed by atoms with E-state index in [1.165, 1.54) is 11.3 Å². The van der Waals surface area contributed by atoms with Gasteiger partial charge in [-0.3, -0.25) is 0 Å². The highest BCUT2D eigenvalue weighted by atomic mass is 79.9. The second kappa shape index (κ2) is 7.02. The van der Waals surface area contributed by atoms with Gasteiger partial charge in [0.15, 0.2) is 0 Å². The number of nitrogens with two attached hydrogens (primary N) is 1. The molecule has 2 rings (SSSR count). The number of halogens is 1. The van der Waals surface area contributed by atoms with Gasteiger partial charge in [-0.25, -0.2) is 13.1 Å². The molecule has 0 aliphatic carbocycles. The molecule has 1 unspecified atom stereocenters. The van der Waals surface area contributed by atoms with Gasteiger partial charge < -0.3 is 5.73 Å². The zero-order valence-electron chi connectivity index (χ0n) is 11.5. The minimum atomic E-state index is -3.47. The van der Waals surface area contributed by atoms with Crippen molar-refractivity contribution < 1.29 is 8.42 Å². The van der Waals surface area contributed by atoms with Gasteiger partial charge >= 0.3 is 0 Å². The average molecular weight is 389 g/mol. The molecule has 0 saturated carbocycles. The summed E-state index contributed by atoms with van der Waals surface area (Å²) in [5, 5.41) is 0. The van der Waals surface area contributed by atoms with E-state index >= 15 is 0 Å². The first-order chi connectivity index (χ1) is 9.90. The summed E-state index contributed by atoms with van der Waals surface area (Å²) in [7, 11) is -3.47. The second-order valence-electron chi connectivity index (χ2n) is 4.67. The quantitative estimate of drug-likeness (QED) is 0.797. The number of nitrogens with one attached hydrogen (secondary N) is 1. The van der Waals surface area contributed by atoms with E-state index in [1.54, 1.807) is 13.0 Å². The number of sulfonamides is 1.